The van der Waals surface area contributed by atoms with Gasteiger partial charge in [0, 0.05) is 6.92 Å². The van der Waals surface area contributed by atoms with Crippen molar-refractivity contribution in [3.05, 3.63) is 0 Å². The van der Waals surface area contributed by atoms with Crippen LogP contribution in [0, 0.1) is 0 Å². The van der Waals surface area contributed by atoms with Gasteiger partial charge in [-0.25, -0.2) is 0 Å². The molecule has 0 N–H and O–H groups in total. The predicted molar refractivity (Wildman–Crippen MR) is 132 cm³/mol. The van der Waals surface area contributed by atoms with Crippen molar-refractivity contribution in [2.75, 3.05) is 0 Å². The van der Waals surface area contributed by atoms with Gasteiger partial charge in [-0.3, -0.25) is 4.79 Å². The summed E-state index contributed by atoms with van der Waals surface area (Å²) in [6.07, 6.45) is 22.4. The summed E-state index contributed by atoms with van der Waals surface area (Å²) in [6, 6.07) is 1.14. The van der Waals surface area contributed by atoms with Gasteiger partial charge in [0.1, 0.15) is 0 Å². The van der Waals surface area contributed by atoms with Crippen LogP contribution in [0.25, 0.3) is 0 Å². The number of carbonyl (C=O) groups excluding carboxylic acids is 1. The van der Waals surface area contributed by atoms with Gasteiger partial charge in [0.05, 0.1) is 0 Å². The molecule has 0 aliphatic carbocycles. The summed E-state index contributed by atoms with van der Waals surface area (Å²) in [6.45, 7) is 12.9. The van der Waals surface area contributed by atoms with Gasteiger partial charge in [0.15, 0.2) is 0 Å². The number of hydrogen-bond donors (Lipinski definition) is 0. The molecule has 174 valence electrons. The third kappa shape index (κ3) is 14.3. The van der Waals surface area contributed by atoms with Crippen LogP contribution in [-0.2, 0) is 9.22 Å². The maximum absolute atomic E-state index is 11.7. The molecule has 2 nitrogen and oxygen atoms in total. The fourth-order valence-electron chi connectivity index (χ4n) is 4.75. The van der Waals surface area contributed by atoms with Crippen LogP contribution in [0.15, 0.2) is 0 Å². The molecule has 0 amide bonds. The Morgan fingerprint density at radius 2 is 0.931 bits per heavy atom. The molecule has 0 aliphatic heterocycles. The van der Waals surface area contributed by atoms with Gasteiger partial charge in [-0.2, -0.15) is 0 Å². The van der Waals surface area contributed by atoms with Gasteiger partial charge in [-0.15, -0.1) is 0 Å². The number of carbonyl (C=O) groups is 1. The molecule has 0 aliphatic rings. The summed E-state index contributed by atoms with van der Waals surface area (Å²) in [5.74, 6) is -0.0736. The van der Waals surface area contributed by atoms with Crippen molar-refractivity contribution in [2.24, 2.45) is 0 Å². The number of unbranched alkanes of at least 4 members (excludes halogenated alkanes) is 15. The van der Waals surface area contributed by atoms with Crippen LogP contribution in [0.2, 0.25) is 17.1 Å². The third-order valence-electron chi connectivity index (χ3n) is 6.71. The van der Waals surface area contributed by atoms with E-state index in [2.05, 4.69) is 34.6 Å². The van der Waals surface area contributed by atoms with Crippen molar-refractivity contribution in [3.8, 4) is 0 Å². The number of hydrogen-bond acceptors (Lipinski definition) is 2. The second kappa shape index (κ2) is 18.5. The second-order valence-electron chi connectivity index (χ2n) is 9.91. The van der Waals surface area contributed by atoms with Crippen molar-refractivity contribution in [2.45, 2.75) is 161 Å². The van der Waals surface area contributed by atoms with Crippen molar-refractivity contribution >= 4 is 14.3 Å². The first-order chi connectivity index (χ1) is 13.9. The summed E-state index contributed by atoms with van der Waals surface area (Å²) in [5.41, 5.74) is 1.01. The van der Waals surface area contributed by atoms with Gasteiger partial charge in [-0.05, 0) is 17.1 Å². The van der Waals surface area contributed by atoms with E-state index in [0.717, 1.165) is 6.04 Å². The minimum atomic E-state index is -1.97. The monoisotopic (exact) mass is 426 g/mol. The Labute approximate surface area is 185 Å². The topological polar surface area (TPSA) is 26.3 Å². The summed E-state index contributed by atoms with van der Waals surface area (Å²) in [7, 11) is -1.97. The Morgan fingerprint density at radius 3 is 1.21 bits per heavy atom. The highest BCUT2D eigenvalue weighted by atomic mass is 28.4. The quantitative estimate of drug-likeness (QED) is 0.143. The van der Waals surface area contributed by atoms with E-state index in [9.17, 15) is 4.79 Å². The van der Waals surface area contributed by atoms with Crippen LogP contribution < -0.4 is 0 Å². The van der Waals surface area contributed by atoms with Crippen molar-refractivity contribution in [3.63, 3.8) is 0 Å². The van der Waals surface area contributed by atoms with Gasteiger partial charge < -0.3 is 4.43 Å². The van der Waals surface area contributed by atoms with Gasteiger partial charge in [0.2, 0.25) is 0 Å². The van der Waals surface area contributed by atoms with E-state index < -0.39 is 8.32 Å². The standard InChI is InChI=1S/C26H54O2Si/c1-7-8-9-10-11-12-13-14-15-16-17-18-19-20-21-22-23-29(24(2)3,25(4)5)28-26(6)27/h24-25H,7-23H2,1-6H3. The maximum atomic E-state index is 11.7. The fraction of sp³-hybridized carbons (Fsp3) is 0.962. The van der Waals surface area contributed by atoms with Crippen molar-refractivity contribution in [1.82, 2.24) is 0 Å². The maximum Gasteiger partial charge on any atom is 0.289 e. The summed E-state index contributed by atoms with van der Waals surface area (Å²) in [5, 5.41) is 0. The molecule has 29 heavy (non-hydrogen) atoms. The van der Waals surface area contributed by atoms with Crippen LogP contribution in [-0.4, -0.2) is 14.3 Å². The summed E-state index contributed by atoms with van der Waals surface area (Å²) >= 11 is 0. The molecular formula is C26H54O2Si. The first-order valence-corrected chi connectivity index (χ1v) is 15.3. The molecule has 0 rings (SSSR count). The lowest BCUT2D eigenvalue weighted by molar-refractivity contribution is -0.133. The zero-order valence-corrected chi connectivity index (χ0v) is 22.0. The van der Waals surface area contributed by atoms with Crippen LogP contribution in [0.4, 0.5) is 0 Å². The predicted octanol–water partition coefficient (Wildman–Crippen LogP) is 9.58. The highest BCUT2D eigenvalue weighted by Crippen LogP contribution is 2.38. The molecule has 0 bridgehead atoms. The van der Waals surface area contributed by atoms with E-state index in [4.69, 9.17) is 4.43 Å². The normalized spacial score (nSPS) is 12.1. The van der Waals surface area contributed by atoms with E-state index in [-0.39, 0.29) is 5.97 Å². The van der Waals surface area contributed by atoms with Gasteiger partial charge in [-0.1, -0.05) is 137 Å². The summed E-state index contributed by atoms with van der Waals surface area (Å²) < 4.78 is 5.99. The van der Waals surface area contributed by atoms with Crippen LogP contribution in [0.5, 0.6) is 0 Å². The van der Waals surface area contributed by atoms with Crippen molar-refractivity contribution in [1.29, 1.82) is 0 Å². The molecule has 0 fully saturated rings. The molecule has 3 heteroatoms. The Kier molecular flexibility index (Phi) is 18.3. The highest BCUT2D eigenvalue weighted by Gasteiger charge is 2.44. The minimum Gasteiger partial charge on any atom is -0.519 e. The van der Waals surface area contributed by atoms with E-state index >= 15 is 0 Å². The molecule has 0 aromatic carbocycles. The SMILES string of the molecule is CCCCCCCCCCCCCCCCCC[Si](OC(C)=O)(C(C)C)C(C)C. The molecule has 0 radical (unpaired) electrons. The Hall–Kier alpha value is -0.313. The van der Waals surface area contributed by atoms with Gasteiger partial charge in [0.25, 0.3) is 14.3 Å². The van der Waals surface area contributed by atoms with E-state index in [1.54, 1.807) is 6.92 Å². The zero-order valence-electron chi connectivity index (χ0n) is 21.0. The first kappa shape index (κ1) is 28.7. The molecule has 0 unspecified atom stereocenters. The highest BCUT2D eigenvalue weighted by molar-refractivity contribution is 6.77. The molecule has 0 aromatic heterocycles. The van der Waals surface area contributed by atoms with E-state index in [1.165, 1.54) is 103 Å². The smallest absolute Gasteiger partial charge is 0.289 e. The molecular weight excluding hydrogens is 372 g/mol. The minimum absolute atomic E-state index is 0.0736. The average Bonchev–Trinajstić information content (AvgIpc) is 2.65. The third-order valence-corrected chi connectivity index (χ3v) is 12.4. The van der Waals surface area contributed by atoms with E-state index in [0.29, 0.717) is 11.1 Å². The fourth-order valence-corrected chi connectivity index (χ4v) is 9.15. The van der Waals surface area contributed by atoms with Crippen molar-refractivity contribution < 1.29 is 9.22 Å². The van der Waals surface area contributed by atoms with E-state index in [1.807, 2.05) is 0 Å². The Morgan fingerprint density at radius 1 is 0.621 bits per heavy atom. The summed E-state index contributed by atoms with van der Waals surface area (Å²) in [4.78, 5) is 11.7. The largest absolute Gasteiger partial charge is 0.519 e. The lowest BCUT2D eigenvalue weighted by atomic mass is 10.0. The average molecular weight is 427 g/mol. The lowest BCUT2D eigenvalue weighted by Crippen LogP contribution is -2.46. The van der Waals surface area contributed by atoms with Gasteiger partial charge >= 0.3 is 0 Å². The Balaban J connectivity index is 3.63. The molecule has 0 spiro atoms. The Bertz CT molecular complexity index is 371. The van der Waals surface area contributed by atoms with Crippen LogP contribution in [0.1, 0.15) is 144 Å². The second-order valence-corrected chi connectivity index (χ2v) is 14.8. The number of rotatable bonds is 20. The first-order valence-electron chi connectivity index (χ1n) is 13.1. The lowest BCUT2D eigenvalue weighted by Gasteiger charge is -2.37. The molecule has 0 saturated carbocycles. The molecule has 0 heterocycles. The van der Waals surface area contributed by atoms with Crippen LogP contribution in [0.3, 0.4) is 0 Å². The van der Waals surface area contributed by atoms with Crippen LogP contribution >= 0.6 is 0 Å². The zero-order chi connectivity index (χ0) is 22.0. The molecule has 0 aromatic rings. The molecule has 0 atom stereocenters. The molecule has 0 saturated heterocycles.